The molecule has 120 valence electrons. The number of halogens is 1. The highest BCUT2D eigenvalue weighted by atomic mass is 35.5. The van der Waals surface area contributed by atoms with Crippen LogP contribution in [0.4, 0.5) is 5.69 Å². The average molecular weight is 331 g/mol. The standard InChI is InChI=1S/C19H21ClNO2/c1-12-9-14-10-18(22-3)19(23-4)11-15(14)13(2)21(12)17-8-6-5-7-16(17)20/h5-8,10-12H,9H2,1-4H3/q+1. The number of methoxy groups -OCH3 is 2. The van der Waals surface area contributed by atoms with Crippen molar-refractivity contribution in [3.63, 3.8) is 0 Å². The molecule has 0 saturated carbocycles. The van der Waals surface area contributed by atoms with Crippen molar-refractivity contribution in [2.45, 2.75) is 26.3 Å². The lowest BCUT2D eigenvalue weighted by Gasteiger charge is -2.23. The Hall–Kier alpha value is -2.00. The van der Waals surface area contributed by atoms with E-state index in [9.17, 15) is 0 Å². The molecule has 3 nitrogen and oxygen atoms in total. The summed E-state index contributed by atoms with van der Waals surface area (Å²) < 4.78 is 13.2. The Morgan fingerprint density at radius 1 is 1.09 bits per heavy atom. The lowest BCUT2D eigenvalue weighted by Crippen LogP contribution is -2.32. The first kappa shape index (κ1) is 15.9. The summed E-state index contributed by atoms with van der Waals surface area (Å²) in [5.41, 5.74) is 4.67. The van der Waals surface area contributed by atoms with E-state index in [1.807, 2.05) is 18.2 Å². The van der Waals surface area contributed by atoms with Crippen molar-refractivity contribution in [2.24, 2.45) is 0 Å². The molecule has 0 bridgehead atoms. The largest absolute Gasteiger partial charge is 0.493 e. The fraction of sp³-hybridized carbons (Fsp3) is 0.316. The fourth-order valence-electron chi connectivity index (χ4n) is 3.36. The third-order valence-electron chi connectivity index (χ3n) is 4.43. The van der Waals surface area contributed by atoms with Crippen LogP contribution in [0.25, 0.3) is 0 Å². The molecule has 0 amide bonds. The monoisotopic (exact) mass is 330 g/mol. The number of hydrogen-bond acceptors (Lipinski definition) is 2. The van der Waals surface area contributed by atoms with Crippen LogP contribution in [-0.2, 0) is 6.42 Å². The SMILES string of the molecule is COc1cc2c(cc1OC)C(C)=[N+](c1ccccc1Cl)C(C)C2. The van der Waals surface area contributed by atoms with Crippen molar-refractivity contribution in [1.82, 2.24) is 0 Å². The number of hydrogen-bond donors (Lipinski definition) is 0. The molecule has 0 spiro atoms. The van der Waals surface area contributed by atoms with Crippen molar-refractivity contribution in [3.8, 4) is 11.5 Å². The summed E-state index contributed by atoms with van der Waals surface area (Å²) in [6, 6.07) is 12.4. The first-order valence-electron chi connectivity index (χ1n) is 7.69. The molecule has 2 aromatic rings. The molecule has 0 aromatic heterocycles. The number of nitrogens with zero attached hydrogens (tertiary/aromatic N) is 1. The zero-order valence-corrected chi connectivity index (χ0v) is 14.6. The van der Waals surface area contributed by atoms with E-state index in [2.05, 4.69) is 36.6 Å². The van der Waals surface area contributed by atoms with Gasteiger partial charge in [-0.05, 0) is 30.7 Å². The predicted molar refractivity (Wildman–Crippen MR) is 93.9 cm³/mol. The highest BCUT2D eigenvalue weighted by molar-refractivity contribution is 6.32. The minimum absolute atomic E-state index is 0.320. The van der Waals surface area contributed by atoms with Crippen LogP contribution in [0.5, 0.6) is 11.5 Å². The van der Waals surface area contributed by atoms with Crippen molar-refractivity contribution in [1.29, 1.82) is 0 Å². The van der Waals surface area contributed by atoms with Crippen LogP contribution in [0, 0.1) is 0 Å². The van der Waals surface area contributed by atoms with E-state index in [4.69, 9.17) is 21.1 Å². The Bertz CT molecular complexity index is 783. The van der Waals surface area contributed by atoms with E-state index in [0.29, 0.717) is 6.04 Å². The van der Waals surface area contributed by atoms with Crippen LogP contribution in [0.3, 0.4) is 0 Å². The Morgan fingerprint density at radius 3 is 2.39 bits per heavy atom. The summed E-state index contributed by atoms with van der Waals surface area (Å²) in [6.45, 7) is 4.34. The Kier molecular flexibility index (Phi) is 4.31. The van der Waals surface area contributed by atoms with Crippen LogP contribution < -0.4 is 9.47 Å². The van der Waals surface area contributed by atoms with Crippen LogP contribution >= 0.6 is 11.6 Å². The van der Waals surface area contributed by atoms with Gasteiger partial charge in [-0.15, -0.1) is 0 Å². The summed E-state index contributed by atoms with van der Waals surface area (Å²) in [5.74, 6) is 1.52. The summed E-state index contributed by atoms with van der Waals surface area (Å²) >= 11 is 6.42. The van der Waals surface area contributed by atoms with Gasteiger partial charge in [0.25, 0.3) is 0 Å². The summed E-state index contributed by atoms with van der Waals surface area (Å²) in [5, 5.41) is 0.766. The van der Waals surface area contributed by atoms with Crippen molar-refractivity contribution < 1.29 is 14.0 Å². The molecule has 1 aliphatic heterocycles. The fourth-order valence-corrected chi connectivity index (χ4v) is 3.59. The second-order valence-electron chi connectivity index (χ2n) is 5.82. The van der Waals surface area contributed by atoms with E-state index in [-0.39, 0.29) is 0 Å². The lowest BCUT2D eigenvalue weighted by atomic mass is 9.92. The van der Waals surface area contributed by atoms with Gasteiger partial charge in [0, 0.05) is 25.0 Å². The predicted octanol–water partition coefficient (Wildman–Crippen LogP) is 4.46. The van der Waals surface area contributed by atoms with Crippen molar-refractivity contribution in [3.05, 3.63) is 52.5 Å². The third kappa shape index (κ3) is 2.70. The van der Waals surface area contributed by atoms with Crippen molar-refractivity contribution >= 4 is 23.0 Å². The van der Waals surface area contributed by atoms with Crippen LogP contribution in [0.1, 0.15) is 25.0 Å². The zero-order chi connectivity index (χ0) is 16.6. The van der Waals surface area contributed by atoms with Gasteiger partial charge in [-0.25, -0.2) is 0 Å². The first-order chi connectivity index (χ1) is 11.1. The van der Waals surface area contributed by atoms with Gasteiger partial charge in [0.1, 0.15) is 5.02 Å². The highest BCUT2D eigenvalue weighted by Gasteiger charge is 2.32. The van der Waals surface area contributed by atoms with E-state index in [1.54, 1.807) is 14.2 Å². The molecule has 1 atom stereocenters. The van der Waals surface area contributed by atoms with Crippen molar-refractivity contribution in [2.75, 3.05) is 14.2 Å². The maximum absolute atomic E-state index is 6.42. The Balaban J connectivity index is 2.22. The van der Waals surface area contributed by atoms with Gasteiger partial charge in [0.2, 0.25) is 5.69 Å². The van der Waals surface area contributed by atoms with E-state index in [0.717, 1.165) is 28.6 Å². The second kappa shape index (κ2) is 6.25. The molecule has 0 saturated heterocycles. The molecule has 1 aliphatic rings. The summed E-state index contributed by atoms with van der Waals surface area (Å²) in [7, 11) is 3.33. The maximum atomic E-state index is 6.42. The van der Waals surface area contributed by atoms with E-state index >= 15 is 0 Å². The smallest absolute Gasteiger partial charge is 0.224 e. The normalized spacial score (nSPS) is 17.0. The van der Waals surface area contributed by atoms with Crippen LogP contribution in [0.15, 0.2) is 36.4 Å². The van der Waals surface area contributed by atoms with Crippen LogP contribution in [0.2, 0.25) is 5.02 Å². The molecular weight excluding hydrogens is 310 g/mol. The Labute approximate surface area is 142 Å². The topological polar surface area (TPSA) is 21.5 Å². The molecule has 2 aromatic carbocycles. The lowest BCUT2D eigenvalue weighted by molar-refractivity contribution is -0.482. The van der Waals surface area contributed by atoms with Gasteiger partial charge in [-0.1, -0.05) is 23.7 Å². The van der Waals surface area contributed by atoms with Crippen LogP contribution in [-0.4, -0.2) is 30.5 Å². The average Bonchev–Trinajstić information content (AvgIpc) is 2.55. The molecule has 3 rings (SSSR count). The van der Waals surface area contributed by atoms with Gasteiger partial charge >= 0.3 is 0 Å². The molecule has 0 N–H and O–H groups in total. The number of fused-ring (bicyclic) bond motifs is 1. The zero-order valence-electron chi connectivity index (χ0n) is 13.9. The van der Waals surface area contributed by atoms with Gasteiger partial charge in [0.15, 0.2) is 23.3 Å². The molecule has 0 radical (unpaired) electrons. The highest BCUT2D eigenvalue weighted by Crippen LogP contribution is 2.36. The molecular formula is C19H21ClNO2+. The minimum Gasteiger partial charge on any atom is -0.493 e. The second-order valence-corrected chi connectivity index (χ2v) is 6.23. The molecule has 4 heteroatoms. The third-order valence-corrected chi connectivity index (χ3v) is 4.75. The molecule has 23 heavy (non-hydrogen) atoms. The number of para-hydroxylation sites is 1. The van der Waals surface area contributed by atoms with Gasteiger partial charge < -0.3 is 9.47 Å². The first-order valence-corrected chi connectivity index (χ1v) is 8.07. The number of rotatable bonds is 3. The summed E-state index contributed by atoms with van der Waals surface area (Å²) in [6.07, 6.45) is 0.929. The number of ether oxygens (including phenoxy) is 2. The van der Waals surface area contributed by atoms with E-state index < -0.39 is 0 Å². The molecule has 1 heterocycles. The van der Waals surface area contributed by atoms with E-state index in [1.165, 1.54) is 16.8 Å². The summed E-state index contributed by atoms with van der Waals surface area (Å²) in [4.78, 5) is 0. The van der Waals surface area contributed by atoms with Gasteiger partial charge in [-0.3, -0.25) is 0 Å². The molecule has 0 fully saturated rings. The minimum atomic E-state index is 0.320. The molecule has 1 unspecified atom stereocenters. The number of benzene rings is 2. The quantitative estimate of drug-likeness (QED) is 0.775. The Morgan fingerprint density at radius 2 is 1.74 bits per heavy atom. The van der Waals surface area contributed by atoms with Gasteiger partial charge in [0.05, 0.1) is 14.2 Å². The molecule has 0 aliphatic carbocycles. The maximum Gasteiger partial charge on any atom is 0.224 e. The van der Waals surface area contributed by atoms with Gasteiger partial charge in [-0.2, -0.15) is 4.58 Å².